The molecule has 0 atom stereocenters. The minimum Gasteiger partial charge on any atom is -0.274 e. The van der Waals surface area contributed by atoms with Crippen molar-refractivity contribution in [3.63, 3.8) is 0 Å². The summed E-state index contributed by atoms with van der Waals surface area (Å²) in [5, 5.41) is 0.850. The van der Waals surface area contributed by atoms with E-state index in [-0.39, 0.29) is 10.0 Å². The summed E-state index contributed by atoms with van der Waals surface area (Å²) >= 11 is 2.87. The minimum atomic E-state index is -0.926. The number of carbonyl (C=O) groups is 1. The lowest BCUT2D eigenvalue weighted by Crippen LogP contribution is -2.26. The summed E-state index contributed by atoms with van der Waals surface area (Å²) in [7, 11) is 2.60. The summed E-state index contributed by atoms with van der Waals surface area (Å²) in [6, 6.07) is 1.71. The Bertz CT molecular complexity index is 398. The van der Waals surface area contributed by atoms with E-state index in [0.29, 0.717) is 6.07 Å². The van der Waals surface area contributed by atoms with Crippen LogP contribution in [0.5, 0.6) is 0 Å². The highest BCUT2D eigenvalue weighted by atomic mass is 79.9. The molecule has 0 fully saturated rings. The molecule has 1 aromatic rings. The molecule has 0 aliphatic heterocycles. The fourth-order valence-electron chi connectivity index (χ4n) is 0.939. The van der Waals surface area contributed by atoms with E-state index in [9.17, 15) is 13.6 Å². The molecule has 0 spiro atoms. The van der Waals surface area contributed by atoms with E-state index in [1.54, 1.807) is 0 Å². The number of nitrogens with zero attached hydrogens (tertiary/aromatic N) is 1. The summed E-state index contributed by atoms with van der Waals surface area (Å²) in [6.45, 7) is 0. The second kappa shape index (κ2) is 4.67. The van der Waals surface area contributed by atoms with E-state index >= 15 is 0 Å². The van der Waals surface area contributed by atoms with Crippen molar-refractivity contribution in [2.24, 2.45) is 0 Å². The van der Waals surface area contributed by atoms with Gasteiger partial charge in [0.25, 0.3) is 5.91 Å². The standard InChI is InChI=1S/C9H8BrF2NO2/c1-13(15-2)9(14)5-3-6(10)8(12)4-7(5)11/h3-4H,1-2H3. The van der Waals surface area contributed by atoms with Crippen molar-refractivity contribution in [2.45, 2.75) is 0 Å². The summed E-state index contributed by atoms with van der Waals surface area (Å²) in [5.74, 6) is -2.37. The highest BCUT2D eigenvalue weighted by molar-refractivity contribution is 9.10. The van der Waals surface area contributed by atoms with Crippen molar-refractivity contribution in [3.8, 4) is 0 Å². The molecule has 0 unspecified atom stereocenters. The van der Waals surface area contributed by atoms with Gasteiger partial charge in [-0.15, -0.1) is 0 Å². The molecule has 0 aliphatic rings. The van der Waals surface area contributed by atoms with E-state index in [1.807, 2.05) is 0 Å². The molecule has 0 N–H and O–H groups in total. The maximum Gasteiger partial charge on any atom is 0.280 e. The van der Waals surface area contributed by atoms with Gasteiger partial charge in [0.15, 0.2) is 0 Å². The van der Waals surface area contributed by atoms with Crippen LogP contribution in [0.3, 0.4) is 0 Å². The first-order chi connectivity index (χ1) is 6.97. The molecule has 0 heterocycles. The van der Waals surface area contributed by atoms with Crippen LogP contribution in [0.15, 0.2) is 16.6 Å². The molecule has 0 aromatic heterocycles. The van der Waals surface area contributed by atoms with E-state index in [0.717, 1.165) is 11.1 Å². The molecular formula is C9H8BrF2NO2. The fraction of sp³-hybridized carbons (Fsp3) is 0.222. The van der Waals surface area contributed by atoms with Crippen molar-refractivity contribution in [1.29, 1.82) is 0 Å². The van der Waals surface area contributed by atoms with Crippen molar-refractivity contribution in [2.75, 3.05) is 14.2 Å². The zero-order valence-electron chi connectivity index (χ0n) is 8.05. The molecule has 0 bridgehead atoms. The van der Waals surface area contributed by atoms with Gasteiger partial charge >= 0.3 is 0 Å². The monoisotopic (exact) mass is 279 g/mol. The third kappa shape index (κ3) is 2.51. The van der Waals surface area contributed by atoms with Gasteiger partial charge in [0.05, 0.1) is 17.1 Å². The molecule has 1 aromatic carbocycles. The maximum atomic E-state index is 13.2. The van der Waals surface area contributed by atoms with Crippen LogP contribution in [0.25, 0.3) is 0 Å². The molecular weight excluding hydrogens is 272 g/mol. The number of carbonyl (C=O) groups excluding carboxylic acids is 1. The molecule has 0 aliphatic carbocycles. The molecule has 1 amide bonds. The van der Waals surface area contributed by atoms with Crippen molar-refractivity contribution in [3.05, 3.63) is 33.8 Å². The van der Waals surface area contributed by atoms with Crippen LogP contribution in [0, 0.1) is 11.6 Å². The molecule has 0 saturated carbocycles. The number of hydroxylamine groups is 2. The average molecular weight is 280 g/mol. The maximum absolute atomic E-state index is 13.2. The Morgan fingerprint density at radius 3 is 2.53 bits per heavy atom. The van der Waals surface area contributed by atoms with Crippen molar-refractivity contribution < 1.29 is 18.4 Å². The Kier molecular flexibility index (Phi) is 3.76. The summed E-state index contributed by atoms with van der Waals surface area (Å²) in [4.78, 5) is 16.1. The van der Waals surface area contributed by atoms with Crippen LogP contribution in [0.1, 0.15) is 10.4 Å². The van der Waals surface area contributed by atoms with Crippen LogP contribution >= 0.6 is 15.9 Å². The van der Waals surface area contributed by atoms with Gasteiger partial charge in [-0.1, -0.05) is 0 Å². The van der Waals surface area contributed by atoms with Gasteiger partial charge in [-0.05, 0) is 22.0 Å². The fourth-order valence-corrected chi connectivity index (χ4v) is 1.28. The SMILES string of the molecule is CON(C)C(=O)c1cc(Br)c(F)cc1F. The van der Waals surface area contributed by atoms with Crippen LogP contribution in [-0.2, 0) is 4.84 Å². The van der Waals surface area contributed by atoms with E-state index in [2.05, 4.69) is 20.8 Å². The number of halogens is 3. The average Bonchev–Trinajstić information content (AvgIpc) is 2.21. The van der Waals surface area contributed by atoms with Gasteiger partial charge in [-0.2, -0.15) is 0 Å². The highest BCUT2D eigenvalue weighted by Gasteiger charge is 2.18. The second-order valence-corrected chi connectivity index (χ2v) is 3.59. The van der Waals surface area contributed by atoms with Gasteiger partial charge in [-0.25, -0.2) is 13.8 Å². The quantitative estimate of drug-likeness (QED) is 0.615. The molecule has 0 saturated heterocycles. The van der Waals surface area contributed by atoms with E-state index in [4.69, 9.17) is 0 Å². The van der Waals surface area contributed by atoms with Crippen LogP contribution in [0.2, 0.25) is 0 Å². The van der Waals surface area contributed by atoms with Crippen LogP contribution in [0.4, 0.5) is 8.78 Å². The molecule has 82 valence electrons. The zero-order chi connectivity index (χ0) is 11.6. The lowest BCUT2D eigenvalue weighted by molar-refractivity contribution is -0.0759. The van der Waals surface area contributed by atoms with Crippen LogP contribution < -0.4 is 0 Å². The van der Waals surface area contributed by atoms with Crippen LogP contribution in [-0.4, -0.2) is 25.1 Å². The van der Waals surface area contributed by atoms with Gasteiger partial charge in [0.2, 0.25) is 0 Å². The number of hydrogen-bond acceptors (Lipinski definition) is 2. The molecule has 6 heteroatoms. The predicted molar refractivity (Wildman–Crippen MR) is 53.2 cm³/mol. The van der Waals surface area contributed by atoms with Gasteiger partial charge < -0.3 is 0 Å². The van der Waals surface area contributed by atoms with Gasteiger partial charge in [-0.3, -0.25) is 9.63 Å². The topological polar surface area (TPSA) is 29.5 Å². The van der Waals surface area contributed by atoms with Gasteiger partial charge in [0.1, 0.15) is 11.6 Å². The molecule has 0 radical (unpaired) electrons. The number of benzene rings is 1. The summed E-state index contributed by atoms with van der Waals surface area (Å²) < 4.78 is 26.1. The number of hydrogen-bond donors (Lipinski definition) is 0. The number of rotatable bonds is 2. The number of amides is 1. The Morgan fingerprint density at radius 1 is 1.40 bits per heavy atom. The van der Waals surface area contributed by atoms with Crippen molar-refractivity contribution in [1.82, 2.24) is 5.06 Å². The van der Waals surface area contributed by atoms with E-state index in [1.165, 1.54) is 14.2 Å². The highest BCUT2D eigenvalue weighted by Crippen LogP contribution is 2.20. The minimum absolute atomic E-state index is 0.0248. The first-order valence-corrected chi connectivity index (χ1v) is 4.73. The third-order valence-electron chi connectivity index (χ3n) is 1.80. The lowest BCUT2D eigenvalue weighted by atomic mass is 10.2. The molecule has 15 heavy (non-hydrogen) atoms. The van der Waals surface area contributed by atoms with Crippen molar-refractivity contribution >= 4 is 21.8 Å². The zero-order valence-corrected chi connectivity index (χ0v) is 9.64. The van der Waals surface area contributed by atoms with E-state index < -0.39 is 17.5 Å². The molecule has 1 rings (SSSR count). The first kappa shape index (κ1) is 12.1. The Balaban J connectivity index is 3.15. The summed E-state index contributed by atoms with van der Waals surface area (Å²) in [6.07, 6.45) is 0. The summed E-state index contributed by atoms with van der Waals surface area (Å²) in [5.41, 5.74) is -0.257. The second-order valence-electron chi connectivity index (χ2n) is 2.73. The Hall–Kier alpha value is -1.01. The Labute approximate surface area is 93.7 Å². The first-order valence-electron chi connectivity index (χ1n) is 3.94. The third-order valence-corrected chi connectivity index (χ3v) is 2.41. The lowest BCUT2D eigenvalue weighted by Gasteiger charge is -2.14. The van der Waals surface area contributed by atoms with Gasteiger partial charge in [0, 0.05) is 13.1 Å². The Morgan fingerprint density at radius 2 is 2.00 bits per heavy atom. The normalized spacial score (nSPS) is 10.2. The smallest absolute Gasteiger partial charge is 0.274 e. The molecule has 3 nitrogen and oxygen atoms in total. The largest absolute Gasteiger partial charge is 0.280 e. The predicted octanol–water partition coefficient (Wildman–Crippen LogP) is 2.36.